The molecule has 516 valence electrons. The number of esters is 4. The minimum absolute atomic E-state index is 0.101. The minimum Gasteiger partial charge on any atom is -0.462 e. The lowest BCUT2D eigenvalue weighted by molar-refractivity contribution is -0.161. The van der Waals surface area contributed by atoms with Crippen molar-refractivity contribution in [1.82, 2.24) is 0 Å². The molecule has 2 unspecified atom stereocenters. The van der Waals surface area contributed by atoms with Gasteiger partial charge in [0.2, 0.25) is 0 Å². The van der Waals surface area contributed by atoms with Crippen LogP contribution in [-0.4, -0.2) is 96.7 Å². The van der Waals surface area contributed by atoms with Crippen molar-refractivity contribution in [1.29, 1.82) is 0 Å². The van der Waals surface area contributed by atoms with Crippen molar-refractivity contribution >= 4 is 39.5 Å². The molecule has 0 rings (SSSR count). The van der Waals surface area contributed by atoms with Crippen LogP contribution in [0.25, 0.3) is 0 Å². The zero-order chi connectivity index (χ0) is 64.2. The molecule has 0 fully saturated rings. The van der Waals surface area contributed by atoms with Crippen LogP contribution in [-0.2, 0) is 65.4 Å². The Labute approximate surface area is 530 Å². The van der Waals surface area contributed by atoms with Gasteiger partial charge in [0.05, 0.1) is 26.4 Å². The second-order valence-electron chi connectivity index (χ2n) is 25.0. The summed E-state index contributed by atoms with van der Waals surface area (Å²) in [4.78, 5) is 72.1. The first-order valence-electron chi connectivity index (χ1n) is 35.6. The van der Waals surface area contributed by atoms with E-state index in [9.17, 15) is 43.2 Å². The summed E-state index contributed by atoms with van der Waals surface area (Å²) in [6.45, 7) is 7.04. The molecule has 0 amide bonds. The van der Waals surface area contributed by atoms with Crippen LogP contribution >= 0.6 is 15.6 Å². The predicted molar refractivity (Wildman–Crippen MR) is 349 cm³/mol. The summed E-state index contributed by atoms with van der Waals surface area (Å²) in [5.74, 6) is -1.47. The van der Waals surface area contributed by atoms with Crippen molar-refractivity contribution in [3.63, 3.8) is 0 Å². The third-order valence-corrected chi connectivity index (χ3v) is 17.7. The van der Waals surface area contributed by atoms with Crippen molar-refractivity contribution in [2.24, 2.45) is 5.92 Å². The highest BCUT2D eigenvalue weighted by atomic mass is 31.2. The molecule has 0 aromatic carbocycles. The molecule has 87 heavy (non-hydrogen) atoms. The number of unbranched alkanes of at least 4 members (excludes halogenated alkanes) is 40. The molecule has 0 heterocycles. The number of carbonyl (C=O) groups is 4. The smallest absolute Gasteiger partial charge is 0.462 e. The highest BCUT2D eigenvalue weighted by molar-refractivity contribution is 7.47. The molecule has 0 aliphatic heterocycles. The molecular weight excluding hydrogens is 1150 g/mol. The summed E-state index contributed by atoms with van der Waals surface area (Å²) in [7, 11) is -9.88. The number of aliphatic hydroxyl groups excluding tert-OH is 1. The maximum atomic E-state index is 13.0. The topological polar surface area (TPSA) is 237 Å². The lowest BCUT2D eigenvalue weighted by Crippen LogP contribution is -2.30. The van der Waals surface area contributed by atoms with Crippen molar-refractivity contribution in [2.45, 2.75) is 368 Å². The molecule has 0 radical (unpaired) electrons. The molecule has 0 bridgehead atoms. The van der Waals surface area contributed by atoms with Crippen LogP contribution in [0, 0.1) is 5.92 Å². The van der Waals surface area contributed by atoms with Crippen LogP contribution < -0.4 is 0 Å². The van der Waals surface area contributed by atoms with E-state index >= 15 is 0 Å². The number of rotatable bonds is 68. The number of phosphoric ester groups is 2. The van der Waals surface area contributed by atoms with Gasteiger partial charge < -0.3 is 33.8 Å². The van der Waals surface area contributed by atoms with E-state index < -0.39 is 97.5 Å². The van der Waals surface area contributed by atoms with Crippen LogP contribution in [0.15, 0.2) is 0 Å². The molecule has 17 nitrogen and oxygen atoms in total. The van der Waals surface area contributed by atoms with E-state index in [0.29, 0.717) is 31.6 Å². The monoisotopic (exact) mass is 1280 g/mol. The van der Waals surface area contributed by atoms with Crippen molar-refractivity contribution in [3.05, 3.63) is 0 Å². The normalized spacial score (nSPS) is 14.1. The maximum absolute atomic E-state index is 13.0. The number of hydrogen-bond acceptors (Lipinski definition) is 15. The highest BCUT2D eigenvalue weighted by Gasteiger charge is 2.30. The standard InChI is InChI=1S/C68H132O17P2/c1-6-9-12-15-17-19-21-23-24-25-26-27-28-29-30-31-33-35-37-43-48-53-67(72)84-64(58-79-66(71)52-47-42-36-34-32-22-20-18-16-13-10-7-2)60-83-87(76,77)81-56-62(69)55-80-86(74,75)82-59-63(57-78-65(70)51-46-40-14-11-8-3)85-68(73)54-49-44-39-38-41-45-50-61(4)5/h61-64,69H,6-60H2,1-5H3,(H,74,75)(H,76,77)/t62-,63+,64+/m0/s1. The third-order valence-electron chi connectivity index (χ3n) is 15.8. The molecule has 0 aliphatic rings. The number of hydrogen-bond donors (Lipinski definition) is 3. The lowest BCUT2D eigenvalue weighted by atomic mass is 10.0. The van der Waals surface area contributed by atoms with E-state index in [4.69, 9.17) is 37.0 Å². The van der Waals surface area contributed by atoms with Crippen molar-refractivity contribution in [3.8, 4) is 0 Å². The van der Waals surface area contributed by atoms with Crippen molar-refractivity contribution < 1.29 is 80.2 Å². The molecule has 5 atom stereocenters. The lowest BCUT2D eigenvalue weighted by Gasteiger charge is -2.21. The fraction of sp³-hybridized carbons (Fsp3) is 0.941. The van der Waals surface area contributed by atoms with Gasteiger partial charge in [-0.25, -0.2) is 9.13 Å². The van der Waals surface area contributed by atoms with E-state index in [2.05, 4.69) is 34.6 Å². The number of aliphatic hydroxyl groups is 1. The Balaban J connectivity index is 5.09. The van der Waals surface area contributed by atoms with Crippen LogP contribution in [0.2, 0.25) is 0 Å². The Kier molecular flexibility index (Phi) is 60.2. The Morgan fingerprint density at radius 3 is 0.782 bits per heavy atom. The largest absolute Gasteiger partial charge is 0.472 e. The number of carbonyl (C=O) groups excluding carboxylic acids is 4. The summed E-state index contributed by atoms with van der Waals surface area (Å²) >= 11 is 0. The molecule has 0 aromatic rings. The molecule has 0 aliphatic carbocycles. The Morgan fingerprint density at radius 2 is 0.529 bits per heavy atom. The van der Waals surface area contributed by atoms with Crippen LogP contribution in [0.1, 0.15) is 349 Å². The predicted octanol–water partition coefficient (Wildman–Crippen LogP) is 19.4. The minimum atomic E-state index is -4.95. The fourth-order valence-electron chi connectivity index (χ4n) is 10.3. The zero-order valence-corrected chi connectivity index (χ0v) is 57.9. The summed E-state index contributed by atoms with van der Waals surface area (Å²) in [5, 5.41) is 10.5. The Morgan fingerprint density at radius 1 is 0.310 bits per heavy atom. The van der Waals surface area contributed by atoms with Gasteiger partial charge in [-0.1, -0.05) is 298 Å². The highest BCUT2D eigenvalue weighted by Crippen LogP contribution is 2.45. The molecule has 0 saturated heterocycles. The Hall–Kier alpha value is -1.94. The average molecular weight is 1280 g/mol. The van der Waals surface area contributed by atoms with Gasteiger partial charge in [0.15, 0.2) is 12.2 Å². The van der Waals surface area contributed by atoms with Crippen molar-refractivity contribution in [2.75, 3.05) is 39.6 Å². The zero-order valence-electron chi connectivity index (χ0n) is 56.2. The summed E-state index contributed by atoms with van der Waals surface area (Å²) in [5.41, 5.74) is 0. The fourth-order valence-corrected chi connectivity index (χ4v) is 11.9. The second kappa shape index (κ2) is 61.6. The average Bonchev–Trinajstić information content (AvgIpc) is 3.70. The molecule has 0 saturated carbocycles. The quantitative estimate of drug-likeness (QED) is 0.0222. The molecular formula is C68H132O17P2. The SMILES string of the molecule is CCCCCCCCCCCCCCCCCCCCCCCC(=O)O[C@H](COC(=O)CCCCCCCCCCCCCC)COP(=O)(O)OC[C@@H](O)COP(=O)(O)OC[C@@H](COC(=O)CCCCCCC)OC(=O)CCCCCCCCC(C)C. The summed E-state index contributed by atoms with van der Waals surface area (Å²) in [6, 6.07) is 0. The first-order chi connectivity index (χ1) is 42.0. The van der Waals surface area contributed by atoms with Gasteiger partial charge in [-0.2, -0.15) is 0 Å². The van der Waals surface area contributed by atoms with E-state index in [-0.39, 0.29) is 25.7 Å². The number of ether oxygens (including phenoxy) is 4. The van der Waals surface area contributed by atoms with Crippen LogP contribution in [0.4, 0.5) is 0 Å². The molecule has 0 aromatic heterocycles. The molecule has 19 heteroatoms. The first-order valence-corrected chi connectivity index (χ1v) is 38.6. The Bertz CT molecular complexity index is 1690. The van der Waals surface area contributed by atoms with Gasteiger partial charge >= 0.3 is 39.5 Å². The van der Waals surface area contributed by atoms with E-state index in [1.54, 1.807) is 0 Å². The number of phosphoric acid groups is 2. The van der Waals surface area contributed by atoms with E-state index in [1.807, 2.05) is 0 Å². The van der Waals surface area contributed by atoms with Gasteiger partial charge in [0.25, 0.3) is 0 Å². The van der Waals surface area contributed by atoms with E-state index in [1.165, 1.54) is 167 Å². The molecule has 3 N–H and O–H groups in total. The van der Waals surface area contributed by atoms with E-state index in [0.717, 1.165) is 96.3 Å². The third kappa shape index (κ3) is 62.6. The van der Waals surface area contributed by atoms with Gasteiger partial charge in [0.1, 0.15) is 19.3 Å². The van der Waals surface area contributed by atoms with Crippen LogP contribution in [0.5, 0.6) is 0 Å². The maximum Gasteiger partial charge on any atom is 0.472 e. The van der Waals surface area contributed by atoms with Gasteiger partial charge in [-0.05, 0) is 31.6 Å². The van der Waals surface area contributed by atoms with Gasteiger partial charge in [0, 0.05) is 25.7 Å². The van der Waals surface area contributed by atoms with Gasteiger partial charge in [-0.15, -0.1) is 0 Å². The summed E-state index contributed by atoms with van der Waals surface area (Å²) < 4.78 is 67.9. The first kappa shape index (κ1) is 85.1. The van der Waals surface area contributed by atoms with Gasteiger partial charge in [-0.3, -0.25) is 37.3 Å². The summed E-state index contributed by atoms with van der Waals surface area (Å²) in [6.07, 6.45) is 47.9. The molecule has 0 spiro atoms. The van der Waals surface area contributed by atoms with Crippen LogP contribution in [0.3, 0.4) is 0 Å². The second-order valence-corrected chi connectivity index (χ2v) is 27.9.